The first-order chi connectivity index (χ1) is 9.10. The fraction of sp³-hybridized carbons (Fsp3) is 0.250. The molecule has 0 spiro atoms. The zero-order valence-electron chi connectivity index (χ0n) is 10.5. The van der Waals surface area contributed by atoms with E-state index in [0.717, 1.165) is 5.01 Å². The molecule has 100 valence electrons. The maximum absolute atomic E-state index is 12.1. The van der Waals surface area contributed by atoms with E-state index in [1.54, 1.807) is 19.3 Å². The number of thiazole rings is 1. The highest BCUT2D eigenvalue weighted by Gasteiger charge is 2.14. The number of hydrogen-bond donors (Lipinski definition) is 2. The van der Waals surface area contributed by atoms with Gasteiger partial charge in [-0.25, -0.2) is 9.97 Å². The minimum Gasteiger partial charge on any atom is -0.373 e. The minimum atomic E-state index is -0.205. The highest BCUT2D eigenvalue weighted by Crippen LogP contribution is 2.18. The van der Waals surface area contributed by atoms with Gasteiger partial charge in [0, 0.05) is 24.2 Å². The highest BCUT2D eigenvalue weighted by atomic mass is 35.5. The van der Waals surface area contributed by atoms with Crippen molar-refractivity contribution in [2.45, 2.75) is 13.0 Å². The number of carbonyl (C=O) groups is 1. The van der Waals surface area contributed by atoms with Crippen molar-refractivity contribution in [1.82, 2.24) is 15.3 Å². The van der Waals surface area contributed by atoms with Gasteiger partial charge >= 0.3 is 0 Å². The normalized spacial score (nSPS) is 11.9. The van der Waals surface area contributed by atoms with Crippen molar-refractivity contribution in [2.24, 2.45) is 0 Å². The molecule has 0 bridgehead atoms. The van der Waals surface area contributed by atoms with Gasteiger partial charge in [0.15, 0.2) is 0 Å². The molecule has 0 aromatic carbocycles. The summed E-state index contributed by atoms with van der Waals surface area (Å²) in [4.78, 5) is 20.3. The molecule has 19 heavy (non-hydrogen) atoms. The first-order valence-electron chi connectivity index (χ1n) is 5.65. The van der Waals surface area contributed by atoms with E-state index in [9.17, 15) is 4.79 Å². The molecule has 0 saturated carbocycles. The predicted molar refractivity (Wildman–Crippen MR) is 76.8 cm³/mol. The monoisotopic (exact) mass is 296 g/mol. The SMILES string of the molecule is CNc1cc(C(=O)NC(C)c2nccs2)cc(Cl)n1. The van der Waals surface area contributed by atoms with Crippen LogP contribution in [0.5, 0.6) is 0 Å². The molecular formula is C12H13ClN4OS. The summed E-state index contributed by atoms with van der Waals surface area (Å²) >= 11 is 7.37. The molecule has 2 heterocycles. The Hall–Kier alpha value is -1.66. The molecule has 2 aromatic heterocycles. The summed E-state index contributed by atoms with van der Waals surface area (Å²) in [5.74, 6) is 0.350. The summed E-state index contributed by atoms with van der Waals surface area (Å²) in [5, 5.41) is 8.75. The highest BCUT2D eigenvalue weighted by molar-refractivity contribution is 7.09. The van der Waals surface area contributed by atoms with E-state index >= 15 is 0 Å². The summed E-state index contributed by atoms with van der Waals surface area (Å²) < 4.78 is 0. The Bertz CT molecular complexity index is 573. The van der Waals surface area contributed by atoms with Crippen LogP contribution >= 0.6 is 22.9 Å². The first-order valence-corrected chi connectivity index (χ1v) is 6.91. The van der Waals surface area contributed by atoms with Crippen LogP contribution in [0.3, 0.4) is 0 Å². The summed E-state index contributed by atoms with van der Waals surface area (Å²) in [6.07, 6.45) is 1.71. The summed E-state index contributed by atoms with van der Waals surface area (Å²) in [6, 6.07) is 3.04. The molecule has 7 heteroatoms. The van der Waals surface area contributed by atoms with E-state index < -0.39 is 0 Å². The van der Waals surface area contributed by atoms with Crippen molar-refractivity contribution in [2.75, 3.05) is 12.4 Å². The number of pyridine rings is 1. The minimum absolute atomic E-state index is 0.141. The van der Waals surface area contributed by atoms with E-state index in [0.29, 0.717) is 11.4 Å². The summed E-state index contributed by atoms with van der Waals surface area (Å²) in [7, 11) is 1.72. The molecule has 0 saturated heterocycles. The van der Waals surface area contributed by atoms with Crippen molar-refractivity contribution >= 4 is 34.7 Å². The maximum atomic E-state index is 12.1. The Balaban J connectivity index is 2.13. The fourth-order valence-electron chi connectivity index (χ4n) is 1.55. The van der Waals surface area contributed by atoms with Crippen LogP contribution in [0.15, 0.2) is 23.7 Å². The van der Waals surface area contributed by atoms with Gasteiger partial charge in [-0.05, 0) is 19.1 Å². The Morgan fingerprint density at radius 3 is 2.89 bits per heavy atom. The number of aromatic nitrogens is 2. The number of hydrogen-bond acceptors (Lipinski definition) is 5. The molecule has 0 aliphatic rings. The number of carbonyl (C=O) groups excluding carboxylic acids is 1. The van der Waals surface area contributed by atoms with Gasteiger partial charge < -0.3 is 10.6 Å². The quantitative estimate of drug-likeness (QED) is 0.851. The van der Waals surface area contributed by atoms with Gasteiger partial charge in [0.25, 0.3) is 5.91 Å². The number of nitrogens with zero attached hydrogens (tertiary/aromatic N) is 2. The molecule has 0 aliphatic carbocycles. The first kappa shape index (κ1) is 13.8. The number of anilines is 1. The largest absolute Gasteiger partial charge is 0.373 e. The van der Waals surface area contributed by atoms with E-state index in [1.165, 1.54) is 17.4 Å². The van der Waals surface area contributed by atoms with Crippen LogP contribution in [0, 0.1) is 0 Å². The Morgan fingerprint density at radius 1 is 1.47 bits per heavy atom. The van der Waals surface area contributed by atoms with Crippen molar-refractivity contribution in [3.63, 3.8) is 0 Å². The van der Waals surface area contributed by atoms with E-state index in [-0.39, 0.29) is 17.1 Å². The molecule has 0 fully saturated rings. The molecule has 2 N–H and O–H groups in total. The van der Waals surface area contributed by atoms with Crippen molar-refractivity contribution in [3.05, 3.63) is 39.4 Å². The van der Waals surface area contributed by atoms with Gasteiger partial charge in [0.05, 0.1) is 6.04 Å². The maximum Gasteiger partial charge on any atom is 0.252 e. The number of rotatable bonds is 4. The number of amides is 1. The Morgan fingerprint density at radius 2 is 2.26 bits per heavy atom. The molecule has 5 nitrogen and oxygen atoms in total. The molecule has 1 unspecified atom stereocenters. The third-order valence-electron chi connectivity index (χ3n) is 2.48. The van der Waals surface area contributed by atoms with Gasteiger partial charge in [-0.1, -0.05) is 11.6 Å². The molecule has 0 aliphatic heterocycles. The van der Waals surface area contributed by atoms with Gasteiger partial charge in [-0.15, -0.1) is 11.3 Å². The number of nitrogens with one attached hydrogen (secondary N) is 2. The molecule has 2 rings (SSSR count). The fourth-order valence-corrected chi connectivity index (χ4v) is 2.40. The molecule has 0 radical (unpaired) electrons. The smallest absolute Gasteiger partial charge is 0.252 e. The Labute approximate surface area is 120 Å². The zero-order chi connectivity index (χ0) is 13.8. The predicted octanol–water partition coefficient (Wildman–Crippen LogP) is 2.72. The van der Waals surface area contributed by atoms with Crippen LogP contribution in [0.1, 0.15) is 28.3 Å². The lowest BCUT2D eigenvalue weighted by Crippen LogP contribution is -2.26. The second kappa shape index (κ2) is 5.99. The van der Waals surface area contributed by atoms with Crippen molar-refractivity contribution < 1.29 is 4.79 Å². The van der Waals surface area contributed by atoms with Gasteiger partial charge in [-0.3, -0.25) is 4.79 Å². The van der Waals surface area contributed by atoms with E-state index in [1.807, 2.05) is 12.3 Å². The Kier molecular flexibility index (Phi) is 4.34. The van der Waals surface area contributed by atoms with Crippen LogP contribution in [0.25, 0.3) is 0 Å². The van der Waals surface area contributed by atoms with Gasteiger partial charge in [0.2, 0.25) is 0 Å². The molecular weight excluding hydrogens is 284 g/mol. The standard InChI is InChI=1S/C12H13ClN4OS/c1-7(12-15-3-4-19-12)16-11(18)8-5-9(13)17-10(6-8)14-2/h3-7H,1-2H3,(H,14,17)(H,16,18). The van der Waals surface area contributed by atoms with Crippen molar-refractivity contribution in [3.8, 4) is 0 Å². The average Bonchev–Trinajstić information content (AvgIpc) is 2.91. The third kappa shape index (κ3) is 3.42. The van der Waals surface area contributed by atoms with E-state index in [2.05, 4.69) is 20.6 Å². The van der Waals surface area contributed by atoms with E-state index in [4.69, 9.17) is 11.6 Å². The van der Waals surface area contributed by atoms with Crippen LogP contribution in [0.2, 0.25) is 5.15 Å². The topological polar surface area (TPSA) is 66.9 Å². The molecule has 1 atom stereocenters. The van der Waals surface area contributed by atoms with Gasteiger partial charge in [0.1, 0.15) is 16.0 Å². The summed E-state index contributed by atoms with van der Waals surface area (Å²) in [5.41, 5.74) is 0.466. The van der Waals surface area contributed by atoms with Crippen LogP contribution in [0.4, 0.5) is 5.82 Å². The van der Waals surface area contributed by atoms with Crippen LogP contribution < -0.4 is 10.6 Å². The van der Waals surface area contributed by atoms with Crippen molar-refractivity contribution in [1.29, 1.82) is 0 Å². The van der Waals surface area contributed by atoms with Gasteiger partial charge in [-0.2, -0.15) is 0 Å². The zero-order valence-corrected chi connectivity index (χ0v) is 12.0. The third-order valence-corrected chi connectivity index (χ3v) is 3.63. The average molecular weight is 297 g/mol. The molecule has 2 aromatic rings. The lowest BCUT2D eigenvalue weighted by Gasteiger charge is -2.12. The van der Waals surface area contributed by atoms with Crippen LogP contribution in [-0.4, -0.2) is 22.9 Å². The lowest BCUT2D eigenvalue weighted by molar-refractivity contribution is 0.0940. The number of halogens is 1. The van der Waals surface area contributed by atoms with Crippen LogP contribution in [-0.2, 0) is 0 Å². The second-order valence-corrected chi connectivity index (χ2v) is 5.19. The second-order valence-electron chi connectivity index (χ2n) is 3.88. The summed E-state index contributed by atoms with van der Waals surface area (Å²) in [6.45, 7) is 1.89. The molecule has 1 amide bonds. The lowest BCUT2D eigenvalue weighted by atomic mass is 10.2.